The summed E-state index contributed by atoms with van der Waals surface area (Å²) in [5, 5.41) is 9.64. The fraction of sp³-hybridized carbons (Fsp3) is 0.389. The van der Waals surface area contributed by atoms with Crippen LogP contribution in [0.3, 0.4) is 0 Å². The highest BCUT2D eigenvalue weighted by Gasteiger charge is 2.17. The van der Waals surface area contributed by atoms with Crippen molar-refractivity contribution < 1.29 is 9.84 Å². The van der Waals surface area contributed by atoms with Crippen molar-refractivity contribution in [2.45, 2.75) is 6.42 Å². The number of pyridine rings is 1. The van der Waals surface area contributed by atoms with Crippen LogP contribution in [0.4, 0.5) is 5.82 Å². The lowest BCUT2D eigenvalue weighted by atomic mass is 10.1. The minimum absolute atomic E-state index is 0.195. The molecule has 1 aliphatic heterocycles. The van der Waals surface area contributed by atoms with Crippen LogP contribution in [0.25, 0.3) is 0 Å². The van der Waals surface area contributed by atoms with E-state index in [9.17, 15) is 5.11 Å². The SMILES string of the molecule is COc1cc(CCN2CCN(c3ccccn3)CC2)ccc1O. The van der Waals surface area contributed by atoms with E-state index >= 15 is 0 Å². The molecule has 5 nitrogen and oxygen atoms in total. The zero-order chi connectivity index (χ0) is 16.1. The van der Waals surface area contributed by atoms with Crippen molar-refractivity contribution in [3.63, 3.8) is 0 Å². The van der Waals surface area contributed by atoms with E-state index < -0.39 is 0 Å². The summed E-state index contributed by atoms with van der Waals surface area (Å²) in [7, 11) is 1.58. The lowest BCUT2D eigenvalue weighted by Crippen LogP contribution is -2.47. The summed E-state index contributed by atoms with van der Waals surface area (Å²) in [6.07, 6.45) is 2.81. The van der Waals surface area contributed by atoms with Gasteiger partial charge in [-0.1, -0.05) is 12.1 Å². The monoisotopic (exact) mass is 313 g/mol. The first-order valence-electron chi connectivity index (χ1n) is 8.00. The average Bonchev–Trinajstić information content (AvgIpc) is 2.62. The van der Waals surface area contributed by atoms with Crippen LogP contribution in [0.15, 0.2) is 42.6 Å². The highest BCUT2D eigenvalue weighted by Crippen LogP contribution is 2.26. The molecule has 2 heterocycles. The van der Waals surface area contributed by atoms with Gasteiger partial charge in [0.1, 0.15) is 5.82 Å². The van der Waals surface area contributed by atoms with E-state index in [1.165, 1.54) is 5.56 Å². The standard InChI is InChI=1S/C18H23N3O2/c1-23-17-14-15(5-6-16(17)22)7-9-20-10-12-21(13-11-20)18-4-2-3-8-19-18/h2-6,8,14,22H,7,9-13H2,1H3. The minimum Gasteiger partial charge on any atom is -0.504 e. The molecule has 0 spiro atoms. The number of rotatable bonds is 5. The molecule has 2 aromatic rings. The van der Waals surface area contributed by atoms with E-state index in [0.29, 0.717) is 5.75 Å². The second kappa shape index (κ2) is 7.33. The fourth-order valence-electron chi connectivity index (χ4n) is 2.91. The molecule has 0 unspecified atom stereocenters. The van der Waals surface area contributed by atoms with E-state index in [4.69, 9.17) is 4.74 Å². The molecule has 3 rings (SSSR count). The zero-order valence-electron chi connectivity index (χ0n) is 13.5. The van der Waals surface area contributed by atoms with E-state index in [0.717, 1.165) is 45.0 Å². The fourth-order valence-corrected chi connectivity index (χ4v) is 2.91. The van der Waals surface area contributed by atoms with Crippen LogP contribution >= 0.6 is 0 Å². The molecule has 1 N–H and O–H groups in total. The van der Waals surface area contributed by atoms with Crippen LogP contribution in [-0.2, 0) is 6.42 Å². The van der Waals surface area contributed by atoms with Gasteiger partial charge in [0, 0.05) is 38.9 Å². The van der Waals surface area contributed by atoms with Crippen molar-refractivity contribution in [2.24, 2.45) is 0 Å². The normalized spacial score (nSPS) is 15.6. The molecule has 1 aliphatic rings. The van der Waals surface area contributed by atoms with E-state index in [1.807, 2.05) is 30.5 Å². The Labute approximate surface area is 137 Å². The molecule has 0 radical (unpaired) electrons. The van der Waals surface area contributed by atoms with Gasteiger partial charge in [0.2, 0.25) is 0 Å². The number of aromatic nitrogens is 1. The summed E-state index contributed by atoms with van der Waals surface area (Å²) in [5.74, 6) is 1.80. The predicted molar refractivity (Wildman–Crippen MR) is 91.3 cm³/mol. The van der Waals surface area contributed by atoms with Crippen molar-refractivity contribution in [1.29, 1.82) is 0 Å². The van der Waals surface area contributed by atoms with Gasteiger partial charge in [-0.3, -0.25) is 4.90 Å². The Bertz CT molecular complexity index is 625. The Morgan fingerprint density at radius 3 is 2.65 bits per heavy atom. The summed E-state index contributed by atoms with van der Waals surface area (Å²) >= 11 is 0. The first-order chi connectivity index (χ1) is 11.3. The van der Waals surface area contributed by atoms with Crippen LogP contribution < -0.4 is 9.64 Å². The van der Waals surface area contributed by atoms with Gasteiger partial charge in [-0.25, -0.2) is 4.98 Å². The average molecular weight is 313 g/mol. The maximum absolute atomic E-state index is 9.64. The number of aromatic hydroxyl groups is 1. The predicted octanol–water partition coefficient (Wildman–Crippen LogP) is 2.16. The number of hydrogen-bond donors (Lipinski definition) is 1. The number of piperazine rings is 1. The molecule has 0 saturated carbocycles. The van der Waals surface area contributed by atoms with Crippen molar-refractivity contribution in [3.05, 3.63) is 48.2 Å². The largest absolute Gasteiger partial charge is 0.504 e. The van der Waals surface area contributed by atoms with Crippen LogP contribution in [-0.4, -0.2) is 54.8 Å². The number of ether oxygens (including phenoxy) is 1. The Balaban J connectivity index is 1.49. The van der Waals surface area contributed by atoms with Crippen LogP contribution in [0.5, 0.6) is 11.5 Å². The first-order valence-corrected chi connectivity index (χ1v) is 8.00. The first kappa shape index (κ1) is 15.6. The molecule has 23 heavy (non-hydrogen) atoms. The topological polar surface area (TPSA) is 48.8 Å². The Morgan fingerprint density at radius 2 is 1.96 bits per heavy atom. The molecule has 5 heteroatoms. The van der Waals surface area contributed by atoms with E-state index in [1.54, 1.807) is 13.2 Å². The van der Waals surface area contributed by atoms with Crippen molar-refractivity contribution in [3.8, 4) is 11.5 Å². The maximum atomic E-state index is 9.64. The van der Waals surface area contributed by atoms with Gasteiger partial charge in [0.25, 0.3) is 0 Å². The van der Waals surface area contributed by atoms with Crippen LogP contribution in [0.1, 0.15) is 5.56 Å². The van der Waals surface area contributed by atoms with Gasteiger partial charge < -0.3 is 14.7 Å². The van der Waals surface area contributed by atoms with Gasteiger partial charge in [-0.05, 0) is 36.2 Å². The number of nitrogens with zero attached hydrogens (tertiary/aromatic N) is 3. The third-order valence-corrected chi connectivity index (χ3v) is 4.31. The van der Waals surface area contributed by atoms with Crippen molar-refractivity contribution >= 4 is 5.82 Å². The van der Waals surface area contributed by atoms with Gasteiger partial charge >= 0.3 is 0 Å². The number of hydrogen-bond acceptors (Lipinski definition) is 5. The highest BCUT2D eigenvalue weighted by molar-refractivity contribution is 5.42. The quantitative estimate of drug-likeness (QED) is 0.917. The number of methoxy groups -OCH3 is 1. The Hall–Kier alpha value is -2.27. The molecule has 122 valence electrons. The summed E-state index contributed by atoms with van der Waals surface area (Å²) < 4.78 is 5.16. The summed E-state index contributed by atoms with van der Waals surface area (Å²) in [4.78, 5) is 9.22. The molecule has 0 aliphatic carbocycles. The van der Waals surface area contributed by atoms with Gasteiger partial charge in [0.05, 0.1) is 7.11 Å². The van der Waals surface area contributed by atoms with Crippen molar-refractivity contribution in [2.75, 3.05) is 44.7 Å². The van der Waals surface area contributed by atoms with E-state index in [-0.39, 0.29) is 5.75 Å². The van der Waals surface area contributed by atoms with Crippen LogP contribution in [0, 0.1) is 0 Å². The molecule has 1 fully saturated rings. The molecule has 0 bridgehead atoms. The summed E-state index contributed by atoms with van der Waals surface area (Å²) in [5.41, 5.74) is 1.19. The maximum Gasteiger partial charge on any atom is 0.160 e. The smallest absolute Gasteiger partial charge is 0.160 e. The Kier molecular flexibility index (Phi) is 4.98. The number of anilines is 1. The number of benzene rings is 1. The van der Waals surface area contributed by atoms with Crippen molar-refractivity contribution in [1.82, 2.24) is 9.88 Å². The molecule has 1 aromatic heterocycles. The molecule has 0 atom stereocenters. The molecular formula is C18H23N3O2. The van der Waals surface area contributed by atoms with E-state index in [2.05, 4.69) is 20.9 Å². The Morgan fingerprint density at radius 1 is 1.13 bits per heavy atom. The second-order valence-corrected chi connectivity index (χ2v) is 5.77. The molecule has 0 amide bonds. The summed E-state index contributed by atoms with van der Waals surface area (Å²) in [6.45, 7) is 5.13. The minimum atomic E-state index is 0.195. The lowest BCUT2D eigenvalue weighted by molar-refractivity contribution is 0.260. The zero-order valence-corrected chi connectivity index (χ0v) is 13.5. The summed E-state index contributed by atoms with van der Waals surface area (Å²) in [6, 6.07) is 11.6. The number of phenolic OH excluding ortho intramolecular Hbond substituents is 1. The third kappa shape index (κ3) is 3.93. The third-order valence-electron chi connectivity index (χ3n) is 4.31. The van der Waals surface area contributed by atoms with Gasteiger partial charge in [-0.2, -0.15) is 0 Å². The molecular weight excluding hydrogens is 290 g/mol. The second-order valence-electron chi connectivity index (χ2n) is 5.77. The van der Waals surface area contributed by atoms with Gasteiger partial charge in [0.15, 0.2) is 11.5 Å². The van der Waals surface area contributed by atoms with Gasteiger partial charge in [-0.15, -0.1) is 0 Å². The molecule has 1 aromatic carbocycles. The number of phenols is 1. The molecule has 1 saturated heterocycles. The van der Waals surface area contributed by atoms with Crippen LogP contribution in [0.2, 0.25) is 0 Å². The highest BCUT2D eigenvalue weighted by atomic mass is 16.5. The lowest BCUT2D eigenvalue weighted by Gasteiger charge is -2.35.